The zero-order valence-electron chi connectivity index (χ0n) is 10.7. The summed E-state index contributed by atoms with van der Waals surface area (Å²) in [7, 11) is 1.79. The van der Waals surface area contributed by atoms with Gasteiger partial charge in [0.05, 0.1) is 0 Å². The summed E-state index contributed by atoms with van der Waals surface area (Å²) in [6, 6.07) is 4.58. The molecule has 2 N–H and O–H groups in total. The molecule has 18 heavy (non-hydrogen) atoms. The average molecular weight is 251 g/mol. The Labute approximate surface area is 106 Å². The van der Waals surface area contributed by atoms with Crippen molar-refractivity contribution < 1.29 is 9.13 Å². The smallest absolute Gasteiger partial charge is 0.145 e. The van der Waals surface area contributed by atoms with Crippen molar-refractivity contribution in [1.29, 1.82) is 5.41 Å². The number of benzene rings is 1. The van der Waals surface area contributed by atoms with Crippen LogP contribution in [0.25, 0.3) is 0 Å². The van der Waals surface area contributed by atoms with Crippen molar-refractivity contribution in [1.82, 2.24) is 10.4 Å². The molecule has 98 valence electrons. The fourth-order valence-electron chi connectivity index (χ4n) is 2.17. The first-order chi connectivity index (χ1) is 8.63. The molecule has 0 radical (unpaired) electrons. The third-order valence-electron chi connectivity index (χ3n) is 3.13. The number of nitrogens with one attached hydrogen (secondary N) is 2. The quantitative estimate of drug-likeness (QED) is 0.845. The predicted molar refractivity (Wildman–Crippen MR) is 67.9 cm³/mol. The van der Waals surface area contributed by atoms with Gasteiger partial charge in [0.25, 0.3) is 0 Å². The maximum Gasteiger partial charge on any atom is 0.145 e. The molecule has 1 saturated heterocycles. The van der Waals surface area contributed by atoms with E-state index in [-0.39, 0.29) is 5.82 Å². The summed E-state index contributed by atoms with van der Waals surface area (Å²) in [5.74, 6) is 0.103. The van der Waals surface area contributed by atoms with Crippen LogP contribution in [0.4, 0.5) is 4.39 Å². The highest BCUT2D eigenvalue weighted by Crippen LogP contribution is 2.26. The Hall–Kier alpha value is -1.46. The molecule has 1 aliphatic heterocycles. The van der Waals surface area contributed by atoms with Crippen LogP contribution in [0.5, 0.6) is 0 Å². The normalized spacial score (nSPS) is 20.9. The molecule has 1 aliphatic rings. The Kier molecular flexibility index (Phi) is 3.93. The van der Waals surface area contributed by atoms with Crippen LogP contribution in [0, 0.1) is 18.2 Å². The average Bonchev–Trinajstić information content (AvgIpc) is 2.52. The van der Waals surface area contributed by atoms with E-state index >= 15 is 0 Å². The molecule has 1 aromatic carbocycles. The predicted octanol–water partition coefficient (Wildman–Crippen LogP) is 2.01. The lowest BCUT2D eigenvalue weighted by molar-refractivity contribution is 0.101. The van der Waals surface area contributed by atoms with Crippen LogP contribution < -0.4 is 5.43 Å². The summed E-state index contributed by atoms with van der Waals surface area (Å²) in [5.41, 5.74) is 4.64. The van der Waals surface area contributed by atoms with E-state index in [2.05, 4.69) is 5.43 Å². The summed E-state index contributed by atoms with van der Waals surface area (Å²) in [4.78, 5) is 0. The van der Waals surface area contributed by atoms with Crippen LogP contribution in [0.1, 0.15) is 23.7 Å². The number of halogens is 1. The summed E-state index contributed by atoms with van der Waals surface area (Å²) >= 11 is 0. The molecule has 1 heterocycles. The Morgan fingerprint density at radius 3 is 2.94 bits per heavy atom. The molecule has 1 fully saturated rings. The zero-order chi connectivity index (χ0) is 13.1. The van der Waals surface area contributed by atoms with Crippen LogP contribution in [0.2, 0.25) is 0 Å². The number of amidine groups is 1. The van der Waals surface area contributed by atoms with Crippen molar-refractivity contribution in [2.45, 2.75) is 19.4 Å². The fourth-order valence-corrected chi connectivity index (χ4v) is 2.17. The minimum Gasteiger partial charge on any atom is -0.365 e. The molecule has 4 nitrogen and oxygen atoms in total. The monoisotopic (exact) mass is 251 g/mol. The molecule has 0 bridgehead atoms. The molecule has 0 saturated carbocycles. The lowest BCUT2D eigenvalue weighted by Gasteiger charge is -2.26. The minimum atomic E-state index is -0.430. The van der Waals surface area contributed by atoms with E-state index < -0.39 is 6.10 Å². The van der Waals surface area contributed by atoms with E-state index in [1.165, 1.54) is 12.1 Å². The molecular weight excluding hydrogens is 233 g/mol. The number of rotatable bonds is 2. The van der Waals surface area contributed by atoms with E-state index in [1.54, 1.807) is 18.1 Å². The van der Waals surface area contributed by atoms with Gasteiger partial charge in [-0.2, -0.15) is 0 Å². The summed E-state index contributed by atoms with van der Waals surface area (Å²) in [6.07, 6.45) is 0.431. The van der Waals surface area contributed by atoms with Crippen molar-refractivity contribution >= 4 is 5.84 Å². The van der Waals surface area contributed by atoms with Crippen molar-refractivity contribution in [2.24, 2.45) is 0 Å². The van der Waals surface area contributed by atoms with Crippen LogP contribution in [0.3, 0.4) is 0 Å². The van der Waals surface area contributed by atoms with E-state index in [1.807, 2.05) is 6.92 Å². The van der Waals surface area contributed by atoms with E-state index in [0.29, 0.717) is 12.4 Å². The summed E-state index contributed by atoms with van der Waals surface area (Å²) < 4.78 is 18.8. The van der Waals surface area contributed by atoms with Gasteiger partial charge in [-0.1, -0.05) is 6.07 Å². The van der Waals surface area contributed by atoms with Gasteiger partial charge in [-0.25, -0.2) is 9.82 Å². The van der Waals surface area contributed by atoms with Crippen LogP contribution >= 0.6 is 0 Å². The number of hydrazine groups is 1. The molecule has 0 spiro atoms. The van der Waals surface area contributed by atoms with Gasteiger partial charge in [0.2, 0.25) is 0 Å². The summed E-state index contributed by atoms with van der Waals surface area (Å²) in [5, 5.41) is 9.94. The minimum absolute atomic E-state index is 0.262. The van der Waals surface area contributed by atoms with Crippen molar-refractivity contribution in [3.8, 4) is 0 Å². The Morgan fingerprint density at radius 1 is 1.50 bits per heavy atom. The van der Waals surface area contributed by atoms with Crippen LogP contribution in [-0.2, 0) is 4.74 Å². The molecule has 2 rings (SSSR count). The van der Waals surface area contributed by atoms with E-state index in [0.717, 1.165) is 24.1 Å². The highest BCUT2D eigenvalue weighted by atomic mass is 19.1. The number of ether oxygens (including phenoxy) is 1. The SMILES string of the molecule is CNN1CCCOC(c2ccc(F)cc2C)C1=N. The Bertz CT molecular complexity index is 450. The third-order valence-corrected chi connectivity index (χ3v) is 3.13. The maximum atomic E-state index is 13.1. The Morgan fingerprint density at radius 2 is 2.28 bits per heavy atom. The van der Waals surface area contributed by atoms with Crippen molar-refractivity contribution in [3.05, 3.63) is 35.1 Å². The second-order valence-electron chi connectivity index (χ2n) is 4.37. The lowest BCUT2D eigenvalue weighted by Crippen LogP contribution is -2.42. The van der Waals surface area contributed by atoms with E-state index in [4.69, 9.17) is 10.1 Å². The highest BCUT2D eigenvalue weighted by Gasteiger charge is 2.26. The van der Waals surface area contributed by atoms with Crippen LogP contribution in [-0.4, -0.2) is 31.0 Å². The number of hydrogen-bond donors (Lipinski definition) is 2. The molecular formula is C13H18FN3O. The first-order valence-electron chi connectivity index (χ1n) is 6.04. The molecule has 1 atom stereocenters. The molecule has 0 aromatic heterocycles. The fraction of sp³-hybridized carbons (Fsp3) is 0.462. The van der Waals surface area contributed by atoms with Gasteiger partial charge in [-0.3, -0.25) is 10.4 Å². The van der Waals surface area contributed by atoms with Gasteiger partial charge < -0.3 is 4.74 Å². The maximum absolute atomic E-state index is 13.1. The first-order valence-corrected chi connectivity index (χ1v) is 6.04. The van der Waals surface area contributed by atoms with Gasteiger partial charge in [0, 0.05) is 20.2 Å². The second kappa shape index (κ2) is 5.46. The van der Waals surface area contributed by atoms with Gasteiger partial charge in [-0.05, 0) is 36.6 Å². The van der Waals surface area contributed by atoms with Crippen molar-refractivity contribution in [3.63, 3.8) is 0 Å². The topological polar surface area (TPSA) is 48.4 Å². The van der Waals surface area contributed by atoms with Crippen LogP contribution in [0.15, 0.2) is 18.2 Å². The molecule has 1 aromatic rings. The number of hydrogen-bond acceptors (Lipinski definition) is 3. The van der Waals surface area contributed by atoms with Gasteiger partial charge in [0.15, 0.2) is 0 Å². The number of aryl methyl sites for hydroxylation is 1. The van der Waals surface area contributed by atoms with Gasteiger partial charge >= 0.3 is 0 Å². The van der Waals surface area contributed by atoms with E-state index in [9.17, 15) is 4.39 Å². The zero-order valence-corrected chi connectivity index (χ0v) is 10.7. The molecule has 5 heteroatoms. The standard InChI is InChI=1S/C13H18FN3O/c1-9-8-10(14)4-5-11(9)12-13(15)17(16-2)6-3-7-18-12/h4-5,8,12,15-16H,3,6-7H2,1-2H3. The molecule has 0 aliphatic carbocycles. The molecule has 1 unspecified atom stereocenters. The Balaban J connectivity index is 2.32. The highest BCUT2D eigenvalue weighted by molar-refractivity contribution is 5.85. The largest absolute Gasteiger partial charge is 0.365 e. The summed E-state index contributed by atoms with van der Waals surface area (Å²) in [6.45, 7) is 3.18. The number of nitrogens with zero attached hydrogens (tertiary/aromatic N) is 1. The van der Waals surface area contributed by atoms with Gasteiger partial charge in [0.1, 0.15) is 17.8 Å². The lowest BCUT2D eigenvalue weighted by atomic mass is 10.0. The second-order valence-corrected chi connectivity index (χ2v) is 4.37. The molecule has 0 amide bonds. The third kappa shape index (κ3) is 2.52. The van der Waals surface area contributed by atoms with Gasteiger partial charge in [-0.15, -0.1) is 0 Å². The first kappa shape index (κ1) is 13.0. The van der Waals surface area contributed by atoms with Crippen molar-refractivity contribution in [2.75, 3.05) is 20.2 Å².